The molecule has 0 bridgehead atoms. The molecule has 0 unspecified atom stereocenters. The average Bonchev–Trinajstić information content (AvgIpc) is 1.69. The van der Waals surface area contributed by atoms with Gasteiger partial charge in [-0.05, 0) is 0 Å². The van der Waals surface area contributed by atoms with Crippen molar-refractivity contribution >= 4 is 12.8 Å². The number of hydrogen-bond donors (Lipinski definition) is 2. The zero-order valence-electron chi connectivity index (χ0n) is 4.24. The molecule has 2 nitrogen and oxygen atoms in total. The van der Waals surface area contributed by atoms with E-state index in [-0.39, 0.29) is 0 Å². The lowest BCUT2D eigenvalue weighted by Crippen LogP contribution is -3.10. The van der Waals surface area contributed by atoms with Gasteiger partial charge in [-0.15, -0.1) is 0 Å². The zero-order chi connectivity index (χ0) is 5.11. The summed E-state index contributed by atoms with van der Waals surface area (Å²) in [4.78, 5) is 0. The highest BCUT2D eigenvalue weighted by Crippen LogP contribution is 1.59. The van der Waals surface area contributed by atoms with Gasteiger partial charge < -0.3 is 22.4 Å². The maximum Gasteiger partial charge on any atom is 0.0735 e. The minimum absolute atomic E-state index is 1.10. The molecule has 0 spiro atoms. The van der Waals surface area contributed by atoms with Crippen LogP contribution in [0.3, 0.4) is 0 Å². The van der Waals surface area contributed by atoms with Crippen LogP contribution in [-0.2, 0) is 12.8 Å². The van der Waals surface area contributed by atoms with Crippen LogP contribution in [0.2, 0.25) is 0 Å². The first-order valence-corrected chi connectivity index (χ1v) is 3.03. The summed E-state index contributed by atoms with van der Waals surface area (Å²) >= 11 is 4.97. The predicted octanol–water partition coefficient (Wildman–Crippen LogP) is -2.06. The van der Waals surface area contributed by atoms with Crippen LogP contribution in [0.1, 0.15) is 0 Å². The Labute approximate surface area is 49.4 Å². The van der Waals surface area contributed by atoms with Crippen molar-refractivity contribution in [1.29, 1.82) is 0 Å². The quantitative estimate of drug-likeness (QED) is 0.356. The van der Waals surface area contributed by atoms with Crippen molar-refractivity contribution < 1.29 is 4.31 Å². The van der Waals surface area contributed by atoms with Crippen molar-refractivity contribution in [1.82, 2.24) is 5.32 Å². The Balaban J connectivity index is 2.12. The third kappa shape index (κ3) is 1.67. The summed E-state index contributed by atoms with van der Waals surface area (Å²) in [5, 5.41) is 3.23. The fraction of sp³-hybridized carbons (Fsp3) is 1.00. The highest BCUT2D eigenvalue weighted by Gasteiger charge is 1.99. The molecular formula is C4H10N2S. The van der Waals surface area contributed by atoms with Gasteiger partial charge >= 0.3 is 0 Å². The molecule has 0 atom stereocenters. The van der Waals surface area contributed by atoms with Crippen molar-refractivity contribution in [3.05, 3.63) is 0 Å². The SMILES string of the molecule is [S-][NH+]1CCNCC1. The number of hydrogen-bond acceptors (Lipinski definition) is 2. The second-order valence-electron chi connectivity index (χ2n) is 1.79. The number of piperazine rings is 1. The van der Waals surface area contributed by atoms with Gasteiger partial charge in [-0.1, -0.05) is 0 Å². The molecule has 42 valence electrons. The molecule has 7 heavy (non-hydrogen) atoms. The van der Waals surface area contributed by atoms with E-state index in [1.807, 2.05) is 0 Å². The van der Waals surface area contributed by atoms with Crippen molar-refractivity contribution in [3.8, 4) is 0 Å². The lowest BCUT2D eigenvalue weighted by molar-refractivity contribution is -0.756. The second-order valence-corrected chi connectivity index (χ2v) is 2.37. The van der Waals surface area contributed by atoms with Gasteiger partial charge in [0.25, 0.3) is 0 Å². The average molecular weight is 118 g/mol. The molecular weight excluding hydrogens is 108 g/mol. The van der Waals surface area contributed by atoms with Crippen LogP contribution < -0.4 is 9.62 Å². The summed E-state index contributed by atoms with van der Waals surface area (Å²) in [5.74, 6) is 0. The topological polar surface area (TPSA) is 16.5 Å². The van der Waals surface area contributed by atoms with E-state index in [2.05, 4.69) is 5.32 Å². The lowest BCUT2D eigenvalue weighted by Gasteiger charge is -2.27. The zero-order valence-corrected chi connectivity index (χ0v) is 5.05. The predicted molar refractivity (Wildman–Crippen MR) is 30.9 cm³/mol. The van der Waals surface area contributed by atoms with E-state index in [4.69, 9.17) is 12.8 Å². The molecule has 1 aliphatic rings. The van der Waals surface area contributed by atoms with Crippen molar-refractivity contribution in [2.75, 3.05) is 26.2 Å². The van der Waals surface area contributed by atoms with Gasteiger partial charge in [0.2, 0.25) is 0 Å². The summed E-state index contributed by atoms with van der Waals surface area (Å²) in [6.07, 6.45) is 0. The van der Waals surface area contributed by atoms with E-state index < -0.39 is 0 Å². The Hall–Kier alpha value is 0.270. The van der Waals surface area contributed by atoms with E-state index in [0.29, 0.717) is 0 Å². The molecule has 0 radical (unpaired) electrons. The van der Waals surface area contributed by atoms with E-state index >= 15 is 0 Å². The molecule has 2 N–H and O–H groups in total. The van der Waals surface area contributed by atoms with Gasteiger partial charge in [0.05, 0.1) is 13.1 Å². The van der Waals surface area contributed by atoms with Gasteiger partial charge in [-0.25, -0.2) is 0 Å². The van der Waals surface area contributed by atoms with Crippen LogP contribution in [0, 0.1) is 0 Å². The number of nitrogens with one attached hydrogen (secondary N) is 2. The standard InChI is InChI=1S/C4H10N2S/c7-6-3-1-5-2-4-6/h5-6H,1-4H2. The minimum Gasteiger partial charge on any atom is -0.496 e. The molecule has 0 aromatic heterocycles. The molecule has 0 aliphatic carbocycles. The lowest BCUT2D eigenvalue weighted by atomic mass is 10.4. The second kappa shape index (κ2) is 2.55. The van der Waals surface area contributed by atoms with E-state index in [9.17, 15) is 0 Å². The summed E-state index contributed by atoms with van der Waals surface area (Å²) in [6.45, 7) is 4.41. The largest absolute Gasteiger partial charge is 0.496 e. The van der Waals surface area contributed by atoms with E-state index in [1.54, 1.807) is 0 Å². The van der Waals surface area contributed by atoms with Gasteiger partial charge in [0, 0.05) is 13.1 Å². The van der Waals surface area contributed by atoms with Crippen molar-refractivity contribution in [3.63, 3.8) is 0 Å². The highest BCUT2D eigenvalue weighted by atomic mass is 32.1. The molecule has 1 saturated heterocycles. The van der Waals surface area contributed by atoms with Crippen molar-refractivity contribution in [2.24, 2.45) is 0 Å². The first-order valence-electron chi connectivity index (χ1n) is 2.62. The number of quaternary nitrogens is 1. The molecule has 0 aromatic carbocycles. The molecule has 1 rings (SSSR count). The number of rotatable bonds is 0. The van der Waals surface area contributed by atoms with Crippen molar-refractivity contribution in [2.45, 2.75) is 0 Å². The normalized spacial score (nSPS) is 25.3. The molecule has 0 amide bonds. The van der Waals surface area contributed by atoms with Crippen LogP contribution in [-0.4, -0.2) is 26.2 Å². The molecule has 1 fully saturated rings. The third-order valence-electron chi connectivity index (χ3n) is 1.16. The Morgan fingerprint density at radius 1 is 1.29 bits per heavy atom. The van der Waals surface area contributed by atoms with Crippen LogP contribution in [0.15, 0.2) is 0 Å². The summed E-state index contributed by atoms with van der Waals surface area (Å²) in [6, 6.07) is 0. The Morgan fingerprint density at radius 2 is 1.86 bits per heavy atom. The fourth-order valence-electron chi connectivity index (χ4n) is 0.706. The Bertz CT molecular complexity index is 51.7. The minimum atomic E-state index is 1.10. The van der Waals surface area contributed by atoms with Crippen LogP contribution in [0.5, 0.6) is 0 Å². The Kier molecular flexibility index (Phi) is 1.97. The molecule has 1 heterocycles. The van der Waals surface area contributed by atoms with Gasteiger partial charge in [-0.2, -0.15) is 0 Å². The summed E-state index contributed by atoms with van der Waals surface area (Å²) < 4.78 is 1.23. The van der Waals surface area contributed by atoms with E-state index in [0.717, 1.165) is 26.2 Å². The molecule has 3 heteroatoms. The van der Waals surface area contributed by atoms with Crippen LogP contribution in [0.25, 0.3) is 0 Å². The maximum absolute atomic E-state index is 4.97. The smallest absolute Gasteiger partial charge is 0.0735 e. The van der Waals surface area contributed by atoms with Gasteiger partial charge in [-0.3, -0.25) is 0 Å². The monoisotopic (exact) mass is 118 g/mol. The molecule has 0 saturated carbocycles. The first kappa shape index (κ1) is 5.41. The molecule has 1 aliphatic heterocycles. The van der Waals surface area contributed by atoms with Gasteiger partial charge in [0.1, 0.15) is 0 Å². The van der Waals surface area contributed by atoms with Gasteiger partial charge in [0.15, 0.2) is 0 Å². The third-order valence-corrected chi connectivity index (χ3v) is 1.57. The van der Waals surface area contributed by atoms with E-state index in [1.165, 1.54) is 4.31 Å². The Morgan fingerprint density at radius 3 is 2.14 bits per heavy atom. The first-order chi connectivity index (χ1) is 3.39. The molecule has 0 aromatic rings. The van der Waals surface area contributed by atoms with Crippen LogP contribution >= 0.6 is 0 Å². The maximum atomic E-state index is 4.97. The van der Waals surface area contributed by atoms with Crippen LogP contribution in [0.4, 0.5) is 0 Å². The fourth-order valence-corrected chi connectivity index (χ4v) is 0.910. The summed E-state index contributed by atoms with van der Waals surface area (Å²) in [5.41, 5.74) is 0. The highest BCUT2D eigenvalue weighted by molar-refractivity contribution is 7.51. The summed E-state index contributed by atoms with van der Waals surface area (Å²) in [7, 11) is 0.